The van der Waals surface area contributed by atoms with Crippen LogP contribution >= 0.6 is 0 Å². The van der Waals surface area contributed by atoms with Crippen molar-refractivity contribution >= 4 is 17.3 Å². The standard InChI is InChI=1S/C22H23FN4O2/c1-3-26(4-2)19-11-9-18(10-12-19)24-21(28)15-27-22(29)14-13-20(25-27)16-5-7-17(23)8-6-16/h5-14H,3-4,15H2,1-2H3,(H,24,28). The van der Waals surface area contributed by atoms with Crippen LogP contribution in [0, 0.1) is 5.82 Å². The Morgan fingerprint density at radius 2 is 1.66 bits per heavy atom. The molecule has 1 heterocycles. The maximum Gasteiger partial charge on any atom is 0.267 e. The second-order valence-corrected chi connectivity index (χ2v) is 6.49. The molecule has 0 aliphatic heterocycles. The first kappa shape index (κ1) is 20.3. The van der Waals surface area contributed by atoms with Crippen LogP contribution in [0.25, 0.3) is 11.3 Å². The van der Waals surface area contributed by atoms with Gasteiger partial charge in [0.25, 0.3) is 5.56 Å². The van der Waals surface area contributed by atoms with Gasteiger partial charge in [-0.3, -0.25) is 9.59 Å². The van der Waals surface area contributed by atoms with Crippen molar-refractivity contribution in [3.8, 4) is 11.3 Å². The van der Waals surface area contributed by atoms with Crippen LogP contribution in [-0.4, -0.2) is 28.8 Å². The number of halogens is 1. The third-order valence-corrected chi connectivity index (χ3v) is 4.58. The molecule has 3 rings (SSSR count). The monoisotopic (exact) mass is 394 g/mol. The Balaban J connectivity index is 1.71. The highest BCUT2D eigenvalue weighted by Gasteiger charge is 2.09. The number of carbonyl (C=O) groups is 1. The van der Waals surface area contributed by atoms with E-state index >= 15 is 0 Å². The van der Waals surface area contributed by atoms with Gasteiger partial charge in [0.2, 0.25) is 5.91 Å². The molecule has 0 saturated carbocycles. The van der Waals surface area contributed by atoms with E-state index in [0.29, 0.717) is 16.9 Å². The average molecular weight is 394 g/mol. The molecule has 2 aromatic carbocycles. The molecule has 0 aliphatic carbocycles. The van der Waals surface area contributed by atoms with Crippen LogP contribution in [-0.2, 0) is 11.3 Å². The maximum absolute atomic E-state index is 13.1. The van der Waals surface area contributed by atoms with Gasteiger partial charge in [-0.05, 0) is 68.4 Å². The molecule has 150 valence electrons. The minimum absolute atomic E-state index is 0.217. The lowest BCUT2D eigenvalue weighted by Gasteiger charge is -2.21. The molecule has 0 aliphatic rings. The first-order chi connectivity index (χ1) is 14.0. The molecule has 0 radical (unpaired) electrons. The minimum atomic E-state index is -0.386. The molecule has 1 aromatic heterocycles. The van der Waals surface area contributed by atoms with E-state index < -0.39 is 0 Å². The van der Waals surface area contributed by atoms with Gasteiger partial charge < -0.3 is 10.2 Å². The third kappa shape index (κ3) is 5.07. The lowest BCUT2D eigenvalue weighted by molar-refractivity contribution is -0.117. The van der Waals surface area contributed by atoms with E-state index in [1.54, 1.807) is 18.2 Å². The Morgan fingerprint density at radius 1 is 1.00 bits per heavy atom. The van der Waals surface area contributed by atoms with Gasteiger partial charge in [-0.15, -0.1) is 0 Å². The molecule has 6 nitrogen and oxygen atoms in total. The molecule has 1 N–H and O–H groups in total. The molecule has 7 heteroatoms. The lowest BCUT2D eigenvalue weighted by Crippen LogP contribution is -2.29. The zero-order chi connectivity index (χ0) is 20.8. The van der Waals surface area contributed by atoms with Crippen LogP contribution in [0.15, 0.2) is 65.5 Å². The highest BCUT2D eigenvalue weighted by molar-refractivity contribution is 5.90. The van der Waals surface area contributed by atoms with Crippen molar-refractivity contribution in [3.05, 3.63) is 76.8 Å². The summed E-state index contributed by atoms with van der Waals surface area (Å²) in [4.78, 5) is 26.7. The summed E-state index contributed by atoms with van der Waals surface area (Å²) in [7, 11) is 0. The molecule has 0 saturated heterocycles. The molecule has 0 fully saturated rings. The Hall–Kier alpha value is -3.48. The van der Waals surface area contributed by atoms with Gasteiger partial charge in [-0.2, -0.15) is 5.10 Å². The van der Waals surface area contributed by atoms with E-state index in [1.165, 1.54) is 18.2 Å². The van der Waals surface area contributed by atoms with Crippen LogP contribution in [0.5, 0.6) is 0 Å². The molecule has 0 bridgehead atoms. The fourth-order valence-electron chi connectivity index (χ4n) is 3.02. The average Bonchev–Trinajstić information content (AvgIpc) is 2.72. The smallest absolute Gasteiger partial charge is 0.267 e. The van der Waals surface area contributed by atoms with E-state index in [1.807, 2.05) is 24.3 Å². The summed E-state index contributed by atoms with van der Waals surface area (Å²) >= 11 is 0. The molecule has 0 unspecified atom stereocenters. The van der Waals surface area contributed by atoms with Crippen molar-refractivity contribution in [1.29, 1.82) is 0 Å². The number of benzene rings is 2. The number of amides is 1. The van der Waals surface area contributed by atoms with Gasteiger partial charge in [0.1, 0.15) is 12.4 Å². The predicted molar refractivity (Wildman–Crippen MR) is 113 cm³/mol. The molecule has 0 atom stereocenters. The van der Waals surface area contributed by atoms with Gasteiger partial charge in [-0.25, -0.2) is 9.07 Å². The maximum atomic E-state index is 13.1. The van der Waals surface area contributed by atoms with E-state index in [-0.39, 0.29) is 23.8 Å². The van der Waals surface area contributed by atoms with Crippen LogP contribution in [0.3, 0.4) is 0 Å². The number of aromatic nitrogens is 2. The molecule has 0 spiro atoms. The van der Waals surface area contributed by atoms with Gasteiger partial charge >= 0.3 is 0 Å². The van der Waals surface area contributed by atoms with Crippen molar-refractivity contribution in [2.24, 2.45) is 0 Å². The first-order valence-electron chi connectivity index (χ1n) is 9.49. The Labute approximate surface area is 168 Å². The summed E-state index contributed by atoms with van der Waals surface area (Å²) in [5.74, 6) is -0.708. The van der Waals surface area contributed by atoms with E-state index in [9.17, 15) is 14.0 Å². The van der Waals surface area contributed by atoms with Gasteiger partial charge in [0.15, 0.2) is 0 Å². The number of nitrogens with one attached hydrogen (secondary N) is 1. The van der Waals surface area contributed by atoms with Crippen LogP contribution < -0.4 is 15.8 Å². The van der Waals surface area contributed by atoms with Crippen molar-refractivity contribution < 1.29 is 9.18 Å². The Kier molecular flexibility index (Phi) is 6.39. The van der Waals surface area contributed by atoms with Crippen LogP contribution in [0.2, 0.25) is 0 Å². The Bertz CT molecular complexity index is 1030. The summed E-state index contributed by atoms with van der Waals surface area (Å²) in [6.07, 6.45) is 0. The Morgan fingerprint density at radius 3 is 2.28 bits per heavy atom. The third-order valence-electron chi connectivity index (χ3n) is 4.58. The number of anilines is 2. The fourth-order valence-corrected chi connectivity index (χ4v) is 3.02. The fraction of sp³-hybridized carbons (Fsp3) is 0.227. The summed E-state index contributed by atoms with van der Waals surface area (Å²) in [5.41, 5.74) is 2.49. The highest BCUT2D eigenvalue weighted by Crippen LogP contribution is 2.18. The van der Waals surface area contributed by atoms with E-state index in [4.69, 9.17) is 0 Å². The van der Waals surface area contributed by atoms with Gasteiger partial charge in [-0.1, -0.05) is 0 Å². The van der Waals surface area contributed by atoms with Crippen molar-refractivity contribution in [2.45, 2.75) is 20.4 Å². The second kappa shape index (κ2) is 9.14. The molecule has 1 amide bonds. The molecular weight excluding hydrogens is 371 g/mol. The molecule has 29 heavy (non-hydrogen) atoms. The second-order valence-electron chi connectivity index (χ2n) is 6.49. The van der Waals surface area contributed by atoms with Crippen LogP contribution in [0.1, 0.15) is 13.8 Å². The number of hydrogen-bond acceptors (Lipinski definition) is 4. The lowest BCUT2D eigenvalue weighted by atomic mass is 10.1. The van der Waals surface area contributed by atoms with E-state index in [2.05, 4.69) is 29.2 Å². The van der Waals surface area contributed by atoms with Crippen molar-refractivity contribution in [2.75, 3.05) is 23.3 Å². The zero-order valence-electron chi connectivity index (χ0n) is 16.4. The first-order valence-corrected chi connectivity index (χ1v) is 9.49. The molecule has 3 aromatic rings. The summed E-state index contributed by atoms with van der Waals surface area (Å²) in [5, 5.41) is 7.01. The highest BCUT2D eigenvalue weighted by atomic mass is 19.1. The summed E-state index contributed by atoms with van der Waals surface area (Å²) in [6.45, 7) is 5.77. The normalized spacial score (nSPS) is 10.6. The van der Waals surface area contributed by atoms with Gasteiger partial charge in [0.05, 0.1) is 5.69 Å². The summed E-state index contributed by atoms with van der Waals surface area (Å²) < 4.78 is 14.2. The number of nitrogens with zero attached hydrogens (tertiary/aromatic N) is 3. The zero-order valence-corrected chi connectivity index (χ0v) is 16.4. The van der Waals surface area contributed by atoms with Crippen molar-refractivity contribution in [3.63, 3.8) is 0 Å². The predicted octanol–water partition coefficient (Wildman–Crippen LogP) is 3.53. The molecular formula is C22H23FN4O2. The number of hydrogen-bond donors (Lipinski definition) is 1. The minimum Gasteiger partial charge on any atom is -0.372 e. The number of carbonyl (C=O) groups excluding carboxylic acids is 1. The SMILES string of the molecule is CCN(CC)c1ccc(NC(=O)Cn2nc(-c3ccc(F)cc3)ccc2=O)cc1. The summed E-state index contributed by atoms with van der Waals surface area (Å²) in [6, 6.07) is 16.2. The number of rotatable bonds is 7. The van der Waals surface area contributed by atoms with Crippen molar-refractivity contribution in [1.82, 2.24) is 9.78 Å². The quantitative estimate of drug-likeness (QED) is 0.666. The van der Waals surface area contributed by atoms with Gasteiger partial charge in [0, 0.05) is 36.1 Å². The largest absolute Gasteiger partial charge is 0.372 e. The van der Waals surface area contributed by atoms with E-state index in [0.717, 1.165) is 23.5 Å². The van der Waals surface area contributed by atoms with Crippen LogP contribution in [0.4, 0.5) is 15.8 Å². The topological polar surface area (TPSA) is 67.2 Å².